The lowest BCUT2D eigenvalue weighted by atomic mass is 9.81. The number of hydrogen-bond donors (Lipinski definition) is 0. The van der Waals surface area contributed by atoms with E-state index in [4.69, 9.17) is 9.47 Å². The molecule has 0 aromatic heterocycles. The van der Waals surface area contributed by atoms with Crippen molar-refractivity contribution in [3.8, 4) is 0 Å². The zero-order chi connectivity index (χ0) is 14.6. The zero-order valence-electron chi connectivity index (χ0n) is 12.7. The van der Waals surface area contributed by atoms with Crippen LogP contribution in [-0.2, 0) is 19.1 Å². The van der Waals surface area contributed by atoms with Crippen molar-refractivity contribution in [2.24, 2.45) is 11.8 Å². The van der Waals surface area contributed by atoms with Gasteiger partial charge in [-0.2, -0.15) is 0 Å². The molecule has 0 radical (unpaired) electrons. The highest BCUT2D eigenvalue weighted by molar-refractivity contribution is 5.76. The van der Waals surface area contributed by atoms with E-state index in [1.807, 2.05) is 34.6 Å². The van der Waals surface area contributed by atoms with Gasteiger partial charge >= 0.3 is 11.9 Å². The van der Waals surface area contributed by atoms with Crippen LogP contribution < -0.4 is 0 Å². The van der Waals surface area contributed by atoms with Crippen LogP contribution in [0.25, 0.3) is 0 Å². The van der Waals surface area contributed by atoms with E-state index in [-0.39, 0.29) is 29.9 Å². The molecule has 0 saturated heterocycles. The average Bonchev–Trinajstić information content (AvgIpc) is 2.26. The van der Waals surface area contributed by atoms with Crippen molar-refractivity contribution in [1.82, 2.24) is 0 Å². The predicted octanol–water partition coefficient (Wildman–Crippen LogP) is 3.09. The van der Waals surface area contributed by atoms with E-state index in [9.17, 15) is 9.59 Å². The quantitative estimate of drug-likeness (QED) is 0.739. The van der Waals surface area contributed by atoms with Gasteiger partial charge in [0.15, 0.2) is 0 Å². The van der Waals surface area contributed by atoms with Gasteiger partial charge in [-0.1, -0.05) is 6.42 Å². The Labute approximate surface area is 115 Å². The molecule has 4 heteroatoms. The molecule has 2 atom stereocenters. The van der Waals surface area contributed by atoms with Crippen LogP contribution in [0.4, 0.5) is 0 Å². The molecule has 4 nitrogen and oxygen atoms in total. The second kappa shape index (κ2) is 6.40. The minimum Gasteiger partial charge on any atom is -0.463 e. The van der Waals surface area contributed by atoms with Gasteiger partial charge in [-0.3, -0.25) is 9.59 Å². The third kappa shape index (κ3) is 5.62. The Morgan fingerprint density at radius 1 is 1.05 bits per heavy atom. The Bertz CT molecular complexity index is 328. The number of carbonyl (C=O) groups excluding carboxylic acids is 2. The molecule has 1 rings (SSSR count). The summed E-state index contributed by atoms with van der Waals surface area (Å²) < 4.78 is 10.6. The fourth-order valence-corrected chi connectivity index (χ4v) is 2.33. The topological polar surface area (TPSA) is 52.6 Å². The van der Waals surface area contributed by atoms with Crippen LogP contribution >= 0.6 is 0 Å². The molecule has 0 aromatic rings. The Morgan fingerprint density at radius 3 is 2.05 bits per heavy atom. The van der Waals surface area contributed by atoms with Crippen LogP contribution in [0.15, 0.2) is 0 Å². The van der Waals surface area contributed by atoms with Crippen LogP contribution in [-0.4, -0.2) is 23.6 Å². The van der Waals surface area contributed by atoms with Gasteiger partial charge < -0.3 is 9.47 Å². The lowest BCUT2D eigenvalue weighted by molar-refractivity contribution is -0.164. The van der Waals surface area contributed by atoms with Crippen LogP contribution in [0.5, 0.6) is 0 Å². The van der Waals surface area contributed by atoms with Crippen molar-refractivity contribution in [3.63, 3.8) is 0 Å². The second-order valence-corrected chi connectivity index (χ2v) is 6.58. The molecule has 1 fully saturated rings. The molecule has 1 aliphatic rings. The SMILES string of the molecule is CC(C)OC(=O)C1CCCC(C(=O)OC(C)(C)C)C1. The Morgan fingerprint density at radius 2 is 1.58 bits per heavy atom. The normalized spacial score (nSPS) is 24.1. The third-order valence-corrected chi connectivity index (χ3v) is 3.10. The molecule has 0 aliphatic heterocycles. The molecular formula is C15H26O4. The van der Waals surface area contributed by atoms with E-state index >= 15 is 0 Å². The molecule has 0 heterocycles. The first-order valence-corrected chi connectivity index (χ1v) is 7.12. The molecule has 0 bridgehead atoms. The molecule has 110 valence electrons. The molecule has 2 unspecified atom stereocenters. The van der Waals surface area contributed by atoms with E-state index in [0.29, 0.717) is 6.42 Å². The van der Waals surface area contributed by atoms with Crippen molar-refractivity contribution in [3.05, 3.63) is 0 Å². The van der Waals surface area contributed by atoms with E-state index in [2.05, 4.69) is 0 Å². The minimum absolute atomic E-state index is 0.102. The highest BCUT2D eigenvalue weighted by atomic mass is 16.6. The monoisotopic (exact) mass is 270 g/mol. The maximum absolute atomic E-state index is 12.0. The van der Waals surface area contributed by atoms with E-state index in [1.165, 1.54) is 0 Å². The predicted molar refractivity (Wildman–Crippen MR) is 72.5 cm³/mol. The first kappa shape index (κ1) is 16.0. The van der Waals surface area contributed by atoms with Crippen molar-refractivity contribution in [1.29, 1.82) is 0 Å². The van der Waals surface area contributed by atoms with Gasteiger partial charge in [-0.15, -0.1) is 0 Å². The average molecular weight is 270 g/mol. The van der Waals surface area contributed by atoms with Gasteiger partial charge in [-0.05, 0) is 53.9 Å². The van der Waals surface area contributed by atoms with Crippen molar-refractivity contribution in [2.75, 3.05) is 0 Å². The maximum atomic E-state index is 12.0. The van der Waals surface area contributed by atoms with Gasteiger partial charge in [0.1, 0.15) is 5.60 Å². The summed E-state index contributed by atoms with van der Waals surface area (Å²) >= 11 is 0. The minimum atomic E-state index is -0.470. The molecule has 19 heavy (non-hydrogen) atoms. The van der Waals surface area contributed by atoms with Crippen molar-refractivity contribution < 1.29 is 19.1 Å². The lowest BCUT2D eigenvalue weighted by Gasteiger charge is -2.29. The lowest BCUT2D eigenvalue weighted by Crippen LogP contribution is -2.34. The van der Waals surface area contributed by atoms with Crippen molar-refractivity contribution >= 4 is 11.9 Å². The van der Waals surface area contributed by atoms with Gasteiger partial charge in [0.2, 0.25) is 0 Å². The van der Waals surface area contributed by atoms with E-state index in [1.54, 1.807) is 0 Å². The summed E-state index contributed by atoms with van der Waals surface area (Å²) in [5, 5.41) is 0. The first-order chi connectivity index (χ1) is 8.69. The molecule has 0 N–H and O–H groups in total. The third-order valence-electron chi connectivity index (χ3n) is 3.10. The highest BCUT2D eigenvalue weighted by Gasteiger charge is 2.34. The molecular weight excluding hydrogens is 244 g/mol. The first-order valence-electron chi connectivity index (χ1n) is 7.12. The summed E-state index contributed by atoms with van der Waals surface area (Å²) in [7, 11) is 0. The number of hydrogen-bond acceptors (Lipinski definition) is 4. The number of esters is 2. The maximum Gasteiger partial charge on any atom is 0.309 e. The molecule has 0 amide bonds. The fraction of sp³-hybridized carbons (Fsp3) is 0.867. The standard InChI is InChI=1S/C15H26O4/c1-10(2)18-13(16)11-7-6-8-12(9-11)14(17)19-15(3,4)5/h10-12H,6-9H2,1-5H3. The summed E-state index contributed by atoms with van der Waals surface area (Å²) in [6.07, 6.45) is 2.95. The summed E-state index contributed by atoms with van der Waals surface area (Å²) in [6.45, 7) is 9.26. The Kier molecular flexibility index (Phi) is 5.39. The molecule has 1 saturated carbocycles. The Hall–Kier alpha value is -1.06. The number of carbonyl (C=O) groups is 2. The summed E-state index contributed by atoms with van der Waals surface area (Å²) in [6, 6.07) is 0. The summed E-state index contributed by atoms with van der Waals surface area (Å²) in [5.41, 5.74) is -0.470. The largest absolute Gasteiger partial charge is 0.463 e. The van der Waals surface area contributed by atoms with Gasteiger partial charge in [0.05, 0.1) is 17.9 Å². The van der Waals surface area contributed by atoms with Gasteiger partial charge in [0.25, 0.3) is 0 Å². The van der Waals surface area contributed by atoms with Gasteiger partial charge in [-0.25, -0.2) is 0 Å². The second-order valence-electron chi connectivity index (χ2n) is 6.58. The van der Waals surface area contributed by atoms with Crippen LogP contribution in [0, 0.1) is 11.8 Å². The number of rotatable bonds is 3. The zero-order valence-corrected chi connectivity index (χ0v) is 12.7. The van der Waals surface area contributed by atoms with Crippen LogP contribution in [0.1, 0.15) is 60.3 Å². The molecule has 1 aliphatic carbocycles. The highest BCUT2D eigenvalue weighted by Crippen LogP contribution is 2.31. The van der Waals surface area contributed by atoms with E-state index < -0.39 is 5.60 Å². The summed E-state index contributed by atoms with van der Waals surface area (Å²) in [5.74, 6) is -0.691. The van der Waals surface area contributed by atoms with E-state index in [0.717, 1.165) is 19.3 Å². The summed E-state index contributed by atoms with van der Waals surface area (Å²) in [4.78, 5) is 23.9. The van der Waals surface area contributed by atoms with Crippen molar-refractivity contribution in [2.45, 2.75) is 72.0 Å². The molecule has 0 spiro atoms. The Balaban J connectivity index is 2.54. The molecule has 0 aromatic carbocycles. The smallest absolute Gasteiger partial charge is 0.309 e. The van der Waals surface area contributed by atoms with Crippen LogP contribution in [0.2, 0.25) is 0 Å². The number of ether oxygens (including phenoxy) is 2. The fourth-order valence-electron chi connectivity index (χ4n) is 2.33. The van der Waals surface area contributed by atoms with Crippen LogP contribution in [0.3, 0.4) is 0 Å². The van der Waals surface area contributed by atoms with Gasteiger partial charge in [0, 0.05) is 0 Å².